The number of benzene rings is 1. The highest BCUT2D eigenvalue weighted by atomic mass is 16.6. The molecule has 0 atom stereocenters. The van der Waals surface area contributed by atoms with Crippen molar-refractivity contribution in [2.24, 2.45) is 0 Å². The predicted molar refractivity (Wildman–Crippen MR) is 91.2 cm³/mol. The number of piperazine rings is 1. The van der Waals surface area contributed by atoms with Crippen LogP contribution >= 0.6 is 0 Å². The maximum atomic E-state index is 12.3. The van der Waals surface area contributed by atoms with Crippen LogP contribution in [-0.2, 0) is 9.53 Å². The van der Waals surface area contributed by atoms with Gasteiger partial charge in [-0.3, -0.25) is 4.79 Å². The molecule has 24 heavy (non-hydrogen) atoms. The first kappa shape index (κ1) is 18.1. The van der Waals surface area contributed by atoms with Gasteiger partial charge in [-0.25, -0.2) is 4.79 Å². The second-order valence-electron chi connectivity index (χ2n) is 6.05. The predicted octanol–water partition coefficient (Wildman–Crippen LogP) is 2.49. The summed E-state index contributed by atoms with van der Waals surface area (Å²) in [7, 11) is 0. The van der Waals surface area contributed by atoms with Gasteiger partial charge in [-0.2, -0.15) is 0 Å². The fourth-order valence-corrected chi connectivity index (χ4v) is 2.67. The van der Waals surface area contributed by atoms with Crippen LogP contribution in [0.15, 0.2) is 24.3 Å². The van der Waals surface area contributed by atoms with Crippen molar-refractivity contribution in [2.45, 2.75) is 26.7 Å². The molecule has 0 N–H and O–H groups in total. The molecule has 1 aromatic carbocycles. The zero-order chi connectivity index (χ0) is 17.5. The third-order valence-corrected chi connectivity index (χ3v) is 4.05. The Bertz CT molecular complexity index is 566. The molecule has 2 rings (SSSR count). The molecule has 1 aliphatic rings. The third kappa shape index (κ3) is 4.63. The molecule has 2 amide bonds. The third-order valence-electron chi connectivity index (χ3n) is 4.05. The van der Waals surface area contributed by atoms with E-state index in [9.17, 15) is 9.59 Å². The summed E-state index contributed by atoms with van der Waals surface area (Å²) in [6.07, 6.45) is -0.313. The SMILES string of the molecule is CCOC(=O)N1CCN(C(=O)COc2ccccc2C(C)C)CC1. The number of nitrogens with zero attached hydrogens (tertiary/aromatic N) is 2. The topological polar surface area (TPSA) is 59.1 Å². The standard InChI is InChI=1S/C18H26N2O4/c1-4-23-18(22)20-11-9-19(10-12-20)17(21)13-24-16-8-6-5-7-15(16)14(2)3/h5-8,14H,4,9-13H2,1-3H3. The fraction of sp³-hybridized carbons (Fsp3) is 0.556. The first-order valence-corrected chi connectivity index (χ1v) is 8.44. The van der Waals surface area contributed by atoms with Gasteiger partial charge >= 0.3 is 6.09 Å². The first-order chi connectivity index (χ1) is 11.5. The maximum absolute atomic E-state index is 12.3. The molecule has 6 nitrogen and oxygen atoms in total. The lowest BCUT2D eigenvalue weighted by Crippen LogP contribution is -2.51. The molecule has 1 heterocycles. The monoisotopic (exact) mass is 334 g/mol. The highest BCUT2D eigenvalue weighted by Gasteiger charge is 2.25. The minimum Gasteiger partial charge on any atom is -0.483 e. The van der Waals surface area contributed by atoms with E-state index in [-0.39, 0.29) is 18.6 Å². The minimum absolute atomic E-state index is 0.0170. The van der Waals surface area contributed by atoms with Crippen molar-refractivity contribution < 1.29 is 19.1 Å². The molecule has 0 radical (unpaired) electrons. The van der Waals surface area contributed by atoms with E-state index in [1.165, 1.54) is 0 Å². The quantitative estimate of drug-likeness (QED) is 0.830. The lowest BCUT2D eigenvalue weighted by molar-refractivity contribution is -0.135. The van der Waals surface area contributed by atoms with Gasteiger partial charge in [0.15, 0.2) is 6.61 Å². The molecule has 0 unspecified atom stereocenters. The summed E-state index contributed by atoms with van der Waals surface area (Å²) in [6.45, 7) is 8.35. The smallest absolute Gasteiger partial charge is 0.409 e. The summed E-state index contributed by atoms with van der Waals surface area (Å²) < 4.78 is 10.7. The van der Waals surface area contributed by atoms with Crippen molar-refractivity contribution in [1.29, 1.82) is 0 Å². The zero-order valence-corrected chi connectivity index (χ0v) is 14.7. The van der Waals surface area contributed by atoms with Crippen LogP contribution in [0, 0.1) is 0 Å². The summed E-state index contributed by atoms with van der Waals surface area (Å²) >= 11 is 0. The lowest BCUT2D eigenvalue weighted by atomic mass is 10.0. The van der Waals surface area contributed by atoms with Crippen molar-refractivity contribution in [1.82, 2.24) is 9.80 Å². The van der Waals surface area contributed by atoms with Crippen LogP contribution in [0.3, 0.4) is 0 Å². The van der Waals surface area contributed by atoms with Gasteiger partial charge in [-0.15, -0.1) is 0 Å². The molecule has 1 fully saturated rings. The van der Waals surface area contributed by atoms with E-state index in [0.29, 0.717) is 38.7 Å². The van der Waals surface area contributed by atoms with E-state index in [1.807, 2.05) is 24.3 Å². The maximum Gasteiger partial charge on any atom is 0.409 e. The molecule has 0 bridgehead atoms. The second kappa shape index (κ2) is 8.57. The summed E-state index contributed by atoms with van der Waals surface area (Å²) in [5, 5.41) is 0. The van der Waals surface area contributed by atoms with Gasteiger partial charge < -0.3 is 19.3 Å². The van der Waals surface area contributed by atoms with Crippen molar-refractivity contribution in [2.75, 3.05) is 39.4 Å². The molecular formula is C18H26N2O4. The molecule has 0 aliphatic carbocycles. The molecule has 6 heteroatoms. The van der Waals surface area contributed by atoms with Crippen LogP contribution in [-0.4, -0.2) is 61.2 Å². The van der Waals surface area contributed by atoms with E-state index in [2.05, 4.69) is 13.8 Å². The Hall–Kier alpha value is -2.24. The highest BCUT2D eigenvalue weighted by molar-refractivity contribution is 5.78. The summed E-state index contributed by atoms with van der Waals surface area (Å²) in [4.78, 5) is 27.3. The largest absolute Gasteiger partial charge is 0.483 e. The van der Waals surface area contributed by atoms with Crippen molar-refractivity contribution in [3.05, 3.63) is 29.8 Å². The molecule has 1 saturated heterocycles. The van der Waals surface area contributed by atoms with E-state index in [0.717, 1.165) is 11.3 Å². The van der Waals surface area contributed by atoms with E-state index in [4.69, 9.17) is 9.47 Å². The van der Waals surface area contributed by atoms with Crippen molar-refractivity contribution in [3.8, 4) is 5.75 Å². The van der Waals surface area contributed by atoms with Gasteiger partial charge in [-0.1, -0.05) is 32.0 Å². The number of hydrogen-bond acceptors (Lipinski definition) is 4. The van der Waals surface area contributed by atoms with Gasteiger partial charge in [0, 0.05) is 26.2 Å². The lowest BCUT2D eigenvalue weighted by Gasteiger charge is -2.34. The Labute approximate surface area is 143 Å². The highest BCUT2D eigenvalue weighted by Crippen LogP contribution is 2.25. The van der Waals surface area contributed by atoms with Crippen molar-refractivity contribution in [3.63, 3.8) is 0 Å². The number of carbonyl (C=O) groups excluding carboxylic acids is 2. The van der Waals surface area contributed by atoms with E-state index in [1.54, 1.807) is 16.7 Å². The molecule has 132 valence electrons. The number of rotatable bonds is 5. The van der Waals surface area contributed by atoms with Gasteiger partial charge in [0.2, 0.25) is 0 Å². The number of carbonyl (C=O) groups is 2. The fourth-order valence-electron chi connectivity index (χ4n) is 2.67. The Morgan fingerprint density at radius 3 is 2.33 bits per heavy atom. The van der Waals surface area contributed by atoms with Gasteiger partial charge in [0.05, 0.1) is 6.61 Å². The van der Waals surface area contributed by atoms with Crippen LogP contribution < -0.4 is 4.74 Å². The first-order valence-electron chi connectivity index (χ1n) is 8.44. The number of hydrogen-bond donors (Lipinski definition) is 0. The Morgan fingerprint density at radius 2 is 1.71 bits per heavy atom. The van der Waals surface area contributed by atoms with Gasteiger partial charge in [0.25, 0.3) is 5.91 Å². The van der Waals surface area contributed by atoms with E-state index >= 15 is 0 Å². The second-order valence-corrected chi connectivity index (χ2v) is 6.05. The van der Waals surface area contributed by atoms with Gasteiger partial charge in [0.1, 0.15) is 5.75 Å². The minimum atomic E-state index is -0.313. The molecule has 1 aliphatic heterocycles. The normalized spacial score (nSPS) is 14.7. The average Bonchev–Trinajstić information content (AvgIpc) is 2.60. The zero-order valence-electron chi connectivity index (χ0n) is 14.7. The molecule has 1 aromatic rings. The van der Waals surface area contributed by atoms with Crippen LogP contribution in [0.1, 0.15) is 32.3 Å². The molecule has 0 aromatic heterocycles. The van der Waals surface area contributed by atoms with Gasteiger partial charge in [-0.05, 0) is 24.5 Å². The summed E-state index contributed by atoms with van der Waals surface area (Å²) in [5.74, 6) is 1.03. The van der Waals surface area contributed by atoms with Crippen LogP contribution in [0.5, 0.6) is 5.75 Å². The molecule has 0 saturated carbocycles. The number of para-hydroxylation sites is 1. The van der Waals surface area contributed by atoms with Crippen molar-refractivity contribution >= 4 is 12.0 Å². The summed E-state index contributed by atoms with van der Waals surface area (Å²) in [6, 6.07) is 7.78. The molecule has 0 spiro atoms. The van der Waals surface area contributed by atoms with E-state index < -0.39 is 0 Å². The number of amides is 2. The van der Waals surface area contributed by atoms with Crippen LogP contribution in [0.25, 0.3) is 0 Å². The average molecular weight is 334 g/mol. The Morgan fingerprint density at radius 1 is 1.08 bits per heavy atom. The van der Waals surface area contributed by atoms with Crippen LogP contribution in [0.2, 0.25) is 0 Å². The number of ether oxygens (including phenoxy) is 2. The van der Waals surface area contributed by atoms with Crippen LogP contribution in [0.4, 0.5) is 4.79 Å². The Balaban J connectivity index is 1.83. The Kier molecular flexibility index (Phi) is 6.46. The molecular weight excluding hydrogens is 308 g/mol. The summed E-state index contributed by atoms with van der Waals surface area (Å²) in [5.41, 5.74) is 1.09.